The molecule has 2 aromatic rings. The van der Waals surface area contributed by atoms with Crippen LogP contribution in [0.5, 0.6) is 0 Å². The Hall–Kier alpha value is -2.87. The molecule has 0 atom stereocenters. The van der Waals surface area contributed by atoms with Crippen LogP contribution in [0.2, 0.25) is 0 Å². The Morgan fingerprint density at radius 1 is 1.00 bits per heavy atom. The molecule has 3 N–H and O–H groups in total. The third-order valence-electron chi connectivity index (χ3n) is 4.52. The Kier molecular flexibility index (Phi) is 5.18. The highest BCUT2D eigenvalue weighted by molar-refractivity contribution is 7.90. The van der Waals surface area contributed by atoms with E-state index in [0.717, 1.165) is 37.9 Å². The molecule has 1 saturated heterocycles. The van der Waals surface area contributed by atoms with Crippen molar-refractivity contribution in [2.75, 3.05) is 29.6 Å². The molecule has 8 heteroatoms. The number of rotatable bonds is 5. The number of amides is 2. The summed E-state index contributed by atoms with van der Waals surface area (Å²) < 4.78 is 23.1. The van der Waals surface area contributed by atoms with Crippen LogP contribution in [0.4, 0.5) is 11.4 Å². The molecule has 1 aliphatic rings. The molecule has 1 heterocycles. The molecule has 0 bridgehead atoms. The molecule has 0 saturated carbocycles. The van der Waals surface area contributed by atoms with E-state index in [1.807, 2.05) is 0 Å². The molecule has 0 spiro atoms. The van der Waals surface area contributed by atoms with E-state index >= 15 is 0 Å². The lowest BCUT2D eigenvalue weighted by Gasteiger charge is -2.22. The minimum Gasteiger partial charge on any atom is -0.370 e. The summed E-state index contributed by atoms with van der Waals surface area (Å²) in [6.45, 7) is 1.75. The zero-order valence-electron chi connectivity index (χ0n) is 14.9. The number of carbonyl (C=O) groups is 2. The molecule has 0 radical (unpaired) electrons. The summed E-state index contributed by atoms with van der Waals surface area (Å²) in [5, 5.41) is 2.82. The molecule has 0 unspecified atom stereocenters. The molecular weight excluding hydrogens is 366 g/mol. The van der Waals surface area contributed by atoms with E-state index in [2.05, 4.69) is 10.2 Å². The SMILES string of the molecule is CS(=O)(=O)c1ccc(C(=O)Nc2cc(C(N)=O)ccc2N2CCCC2)cc1. The van der Waals surface area contributed by atoms with Crippen LogP contribution in [0, 0.1) is 0 Å². The van der Waals surface area contributed by atoms with Crippen molar-refractivity contribution in [1.82, 2.24) is 0 Å². The first-order chi connectivity index (χ1) is 12.8. The van der Waals surface area contributed by atoms with Gasteiger partial charge in [-0.25, -0.2) is 8.42 Å². The quantitative estimate of drug-likeness (QED) is 0.816. The predicted octanol–water partition coefficient (Wildman–Crippen LogP) is 2.04. The molecule has 1 aliphatic heterocycles. The monoisotopic (exact) mass is 387 g/mol. The van der Waals surface area contributed by atoms with Crippen LogP contribution in [0.25, 0.3) is 0 Å². The number of anilines is 2. The molecule has 0 aliphatic carbocycles. The lowest BCUT2D eigenvalue weighted by molar-refractivity contribution is 0.0996. The zero-order chi connectivity index (χ0) is 19.6. The maximum atomic E-state index is 12.6. The van der Waals surface area contributed by atoms with Crippen molar-refractivity contribution in [1.29, 1.82) is 0 Å². The molecule has 3 rings (SSSR count). The first kappa shape index (κ1) is 18.9. The van der Waals surface area contributed by atoms with Crippen LogP contribution in [-0.2, 0) is 9.84 Å². The summed E-state index contributed by atoms with van der Waals surface area (Å²) in [6.07, 6.45) is 3.25. The Morgan fingerprint density at radius 3 is 2.15 bits per heavy atom. The summed E-state index contributed by atoms with van der Waals surface area (Å²) in [6, 6.07) is 10.7. The second-order valence-electron chi connectivity index (χ2n) is 6.54. The Morgan fingerprint density at radius 2 is 1.59 bits per heavy atom. The topological polar surface area (TPSA) is 110 Å². The van der Waals surface area contributed by atoms with Gasteiger partial charge in [0.25, 0.3) is 5.91 Å². The molecule has 2 amide bonds. The van der Waals surface area contributed by atoms with Gasteiger partial charge in [-0.2, -0.15) is 0 Å². The van der Waals surface area contributed by atoms with Crippen molar-refractivity contribution < 1.29 is 18.0 Å². The van der Waals surface area contributed by atoms with Crippen molar-refractivity contribution in [3.63, 3.8) is 0 Å². The minimum absolute atomic E-state index is 0.146. The summed E-state index contributed by atoms with van der Waals surface area (Å²) in [5.74, 6) is -0.965. The Labute approximate surface area is 158 Å². The van der Waals surface area contributed by atoms with Gasteiger partial charge in [-0.1, -0.05) is 0 Å². The number of carbonyl (C=O) groups excluding carboxylic acids is 2. The normalized spacial score (nSPS) is 14.2. The van der Waals surface area contributed by atoms with Crippen LogP contribution >= 0.6 is 0 Å². The summed E-state index contributed by atoms with van der Waals surface area (Å²) in [4.78, 5) is 26.4. The number of primary amides is 1. The van der Waals surface area contributed by atoms with Gasteiger partial charge in [0.2, 0.25) is 5.91 Å². The third kappa shape index (κ3) is 4.28. The van der Waals surface area contributed by atoms with Gasteiger partial charge >= 0.3 is 0 Å². The molecule has 2 aromatic carbocycles. The fraction of sp³-hybridized carbons (Fsp3) is 0.263. The number of benzene rings is 2. The fourth-order valence-corrected chi connectivity index (χ4v) is 3.70. The standard InChI is InChI=1S/C19H21N3O4S/c1-27(25,26)15-7-4-13(5-8-15)19(24)21-16-12-14(18(20)23)6-9-17(16)22-10-2-3-11-22/h4-9,12H,2-3,10-11H2,1H3,(H2,20,23)(H,21,24). The zero-order valence-corrected chi connectivity index (χ0v) is 15.8. The first-order valence-electron chi connectivity index (χ1n) is 8.56. The van der Waals surface area contributed by atoms with Crippen LogP contribution in [-0.4, -0.2) is 39.6 Å². The molecule has 0 aromatic heterocycles. The van der Waals surface area contributed by atoms with E-state index in [4.69, 9.17) is 5.73 Å². The highest BCUT2D eigenvalue weighted by Crippen LogP contribution is 2.30. The molecule has 142 valence electrons. The summed E-state index contributed by atoms with van der Waals surface area (Å²) >= 11 is 0. The van der Waals surface area contributed by atoms with Gasteiger partial charge in [0.1, 0.15) is 0 Å². The number of sulfone groups is 1. The van der Waals surface area contributed by atoms with E-state index in [1.54, 1.807) is 18.2 Å². The van der Waals surface area contributed by atoms with Gasteiger partial charge in [-0.05, 0) is 55.3 Å². The fourth-order valence-electron chi connectivity index (χ4n) is 3.07. The third-order valence-corrected chi connectivity index (χ3v) is 5.65. The van der Waals surface area contributed by atoms with Crippen LogP contribution in [0.3, 0.4) is 0 Å². The lowest BCUT2D eigenvalue weighted by Crippen LogP contribution is -2.22. The second-order valence-corrected chi connectivity index (χ2v) is 8.56. The van der Waals surface area contributed by atoms with E-state index in [9.17, 15) is 18.0 Å². The average Bonchev–Trinajstić information content (AvgIpc) is 3.15. The highest BCUT2D eigenvalue weighted by atomic mass is 32.2. The summed E-state index contributed by atoms with van der Waals surface area (Å²) in [7, 11) is -3.33. The number of nitrogens with zero attached hydrogens (tertiary/aromatic N) is 1. The Balaban J connectivity index is 1.89. The Bertz CT molecular complexity index is 979. The molecule has 27 heavy (non-hydrogen) atoms. The van der Waals surface area contributed by atoms with Gasteiger partial charge < -0.3 is 16.0 Å². The average molecular weight is 387 g/mol. The highest BCUT2D eigenvalue weighted by Gasteiger charge is 2.19. The van der Waals surface area contributed by atoms with Crippen molar-refractivity contribution in [3.8, 4) is 0 Å². The van der Waals surface area contributed by atoms with Gasteiger partial charge in [0.15, 0.2) is 9.84 Å². The van der Waals surface area contributed by atoms with Gasteiger partial charge in [0.05, 0.1) is 16.3 Å². The van der Waals surface area contributed by atoms with Gasteiger partial charge in [0, 0.05) is 30.5 Å². The van der Waals surface area contributed by atoms with E-state index in [0.29, 0.717) is 16.8 Å². The maximum absolute atomic E-state index is 12.6. The van der Waals surface area contributed by atoms with Crippen LogP contribution < -0.4 is 16.0 Å². The number of hydrogen-bond acceptors (Lipinski definition) is 5. The number of nitrogens with two attached hydrogens (primary N) is 1. The van der Waals surface area contributed by atoms with Gasteiger partial charge in [-0.15, -0.1) is 0 Å². The van der Waals surface area contributed by atoms with E-state index in [-0.39, 0.29) is 4.90 Å². The van der Waals surface area contributed by atoms with Gasteiger partial charge in [-0.3, -0.25) is 9.59 Å². The van der Waals surface area contributed by atoms with Crippen molar-refractivity contribution in [2.45, 2.75) is 17.7 Å². The molecule has 1 fully saturated rings. The summed E-state index contributed by atoms with van der Waals surface area (Å²) in [5.41, 5.74) is 7.33. The van der Waals surface area contributed by atoms with Crippen molar-refractivity contribution in [3.05, 3.63) is 53.6 Å². The van der Waals surface area contributed by atoms with Crippen LogP contribution in [0.15, 0.2) is 47.4 Å². The van der Waals surface area contributed by atoms with Crippen molar-refractivity contribution >= 4 is 33.0 Å². The number of nitrogens with one attached hydrogen (secondary N) is 1. The lowest BCUT2D eigenvalue weighted by atomic mass is 10.1. The predicted molar refractivity (Wildman–Crippen MR) is 104 cm³/mol. The van der Waals surface area contributed by atoms with E-state index < -0.39 is 21.7 Å². The largest absolute Gasteiger partial charge is 0.370 e. The van der Waals surface area contributed by atoms with Crippen LogP contribution in [0.1, 0.15) is 33.6 Å². The smallest absolute Gasteiger partial charge is 0.255 e. The minimum atomic E-state index is -3.33. The first-order valence-corrected chi connectivity index (χ1v) is 10.4. The van der Waals surface area contributed by atoms with E-state index in [1.165, 1.54) is 24.3 Å². The number of hydrogen-bond donors (Lipinski definition) is 2. The molecular formula is C19H21N3O4S. The maximum Gasteiger partial charge on any atom is 0.255 e. The van der Waals surface area contributed by atoms with Crippen molar-refractivity contribution in [2.24, 2.45) is 5.73 Å². The molecule has 7 nitrogen and oxygen atoms in total. The second kappa shape index (κ2) is 7.40.